The molecule has 0 radical (unpaired) electrons. The first kappa shape index (κ1) is 17.7. The lowest BCUT2D eigenvalue weighted by molar-refractivity contribution is -0.123. The molecular weight excluding hydrogens is 302 g/mol. The Bertz CT molecular complexity index is 703. The summed E-state index contributed by atoms with van der Waals surface area (Å²) in [5.74, 6) is -0.426. The van der Waals surface area contributed by atoms with Crippen LogP contribution in [0.4, 0.5) is 5.69 Å². The van der Waals surface area contributed by atoms with E-state index >= 15 is 0 Å². The van der Waals surface area contributed by atoms with E-state index in [1.807, 2.05) is 43.3 Å². The van der Waals surface area contributed by atoms with Crippen molar-refractivity contribution in [2.45, 2.75) is 39.7 Å². The van der Waals surface area contributed by atoms with Gasteiger partial charge in [-0.1, -0.05) is 43.7 Å². The van der Waals surface area contributed by atoms with Gasteiger partial charge in [0, 0.05) is 5.69 Å². The molecule has 0 saturated heterocycles. The van der Waals surface area contributed by atoms with Gasteiger partial charge in [0.2, 0.25) is 0 Å². The van der Waals surface area contributed by atoms with Crippen LogP contribution < -0.4 is 5.32 Å². The van der Waals surface area contributed by atoms with Crippen LogP contribution in [0, 0.1) is 6.92 Å². The number of nitrogens with one attached hydrogen (secondary N) is 1. The Morgan fingerprint density at radius 2 is 1.50 bits per heavy atom. The van der Waals surface area contributed by atoms with E-state index in [1.165, 1.54) is 5.56 Å². The van der Waals surface area contributed by atoms with Crippen LogP contribution in [0.5, 0.6) is 0 Å². The first-order chi connectivity index (χ1) is 11.4. The van der Waals surface area contributed by atoms with Crippen molar-refractivity contribution in [3.63, 3.8) is 0 Å². The molecule has 1 N–H and O–H groups in total. The van der Waals surface area contributed by atoms with Gasteiger partial charge in [-0.25, -0.2) is 4.79 Å². The van der Waals surface area contributed by atoms with E-state index in [0.717, 1.165) is 5.56 Å². The van der Waals surface area contributed by atoms with Gasteiger partial charge < -0.3 is 10.1 Å². The molecule has 0 bridgehead atoms. The number of anilines is 1. The fourth-order valence-electron chi connectivity index (χ4n) is 2.17. The largest absolute Gasteiger partial charge is 0.449 e. The molecule has 0 aromatic heterocycles. The molecule has 0 aliphatic heterocycles. The summed E-state index contributed by atoms with van der Waals surface area (Å²) in [5.41, 5.74) is 3.37. The minimum absolute atomic E-state index is 0.354. The number of aryl methyl sites for hydroxylation is 1. The summed E-state index contributed by atoms with van der Waals surface area (Å²) >= 11 is 0. The molecule has 1 atom stereocenters. The average molecular weight is 325 g/mol. The topological polar surface area (TPSA) is 55.4 Å². The van der Waals surface area contributed by atoms with Crippen LogP contribution in [0.1, 0.15) is 48.2 Å². The second-order valence-electron chi connectivity index (χ2n) is 6.18. The summed E-state index contributed by atoms with van der Waals surface area (Å²) in [7, 11) is 0. The van der Waals surface area contributed by atoms with Gasteiger partial charge in [0.1, 0.15) is 0 Å². The molecule has 4 heteroatoms. The molecule has 126 valence electrons. The Kier molecular flexibility index (Phi) is 5.74. The van der Waals surface area contributed by atoms with Crippen molar-refractivity contribution < 1.29 is 14.3 Å². The number of hydrogen-bond acceptors (Lipinski definition) is 3. The van der Waals surface area contributed by atoms with Crippen LogP contribution in [0.25, 0.3) is 0 Å². The molecule has 0 unspecified atom stereocenters. The van der Waals surface area contributed by atoms with Crippen molar-refractivity contribution in [2.24, 2.45) is 0 Å². The Morgan fingerprint density at radius 3 is 2.04 bits per heavy atom. The SMILES string of the molecule is Cc1ccc(C(=O)O[C@H](C)C(=O)Nc2ccc(C(C)C)cc2)cc1. The number of rotatable bonds is 5. The van der Waals surface area contributed by atoms with Crippen molar-refractivity contribution in [3.8, 4) is 0 Å². The van der Waals surface area contributed by atoms with Crippen molar-refractivity contribution in [2.75, 3.05) is 5.32 Å². The molecule has 2 aromatic carbocycles. The van der Waals surface area contributed by atoms with Crippen molar-refractivity contribution in [3.05, 3.63) is 65.2 Å². The second kappa shape index (κ2) is 7.77. The molecule has 2 aromatic rings. The summed E-state index contributed by atoms with van der Waals surface area (Å²) in [6.07, 6.45) is -0.872. The lowest BCUT2D eigenvalue weighted by Crippen LogP contribution is -2.30. The minimum Gasteiger partial charge on any atom is -0.449 e. The van der Waals surface area contributed by atoms with E-state index in [2.05, 4.69) is 19.2 Å². The van der Waals surface area contributed by atoms with E-state index < -0.39 is 12.1 Å². The minimum atomic E-state index is -0.872. The maximum atomic E-state index is 12.2. The number of esters is 1. The number of benzene rings is 2. The number of carbonyl (C=O) groups excluding carboxylic acids is 2. The van der Waals surface area contributed by atoms with Crippen molar-refractivity contribution >= 4 is 17.6 Å². The molecule has 0 saturated carbocycles. The number of ether oxygens (including phenoxy) is 1. The van der Waals surface area contributed by atoms with Crippen LogP contribution in [-0.4, -0.2) is 18.0 Å². The summed E-state index contributed by atoms with van der Waals surface area (Å²) in [6, 6.07) is 14.7. The van der Waals surface area contributed by atoms with Crippen LogP contribution in [-0.2, 0) is 9.53 Å². The van der Waals surface area contributed by atoms with Crippen LogP contribution in [0.2, 0.25) is 0 Å². The highest BCUT2D eigenvalue weighted by molar-refractivity contribution is 5.97. The highest BCUT2D eigenvalue weighted by atomic mass is 16.5. The number of amides is 1. The summed E-state index contributed by atoms with van der Waals surface area (Å²) in [5, 5.41) is 2.76. The first-order valence-electron chi connectivity index (χ1n) is 8.05. The number of hydrogen-bond donors (Lipinski definition) is 1. The van der Waals surface area contributed by atoms with E-state index in [-0.39, 0.29) is 5.91 Å². The normalized spacial score (nSPS) is 11.9. The van der Waals surface area contributed by atoms with E-state index in [1.54, 1.807) is 19.1 Å². The zero-order chi connectivity index (χ0) is 17.7. The van der Waals surface area contributed by atoms with Gasteiger partial charge in [-0.2, -0.15) is 0 Å². The average Bonchev–Trinajstić information content (AvgIpc) is 2.55. The maximum absolute atomic E-state index is 12.2. The smallest absolute Gasteiger partial charge is 0.338 e. The Hall–Kier alpha value is -2.62. The number of carbonyl (C=O) groups is 2. The van der Waals surface area contributed by atoms with Crippen molar-refractivity contribution in [1.29, 1.82) is 0 Å². The standard InChI is InChI=1S/C20H23NO3/c1-13(2)16-9-11-18(12-10-16)21-19(22)15(4)24-20(23)17-7-5-14(3)6-8-17/h5-13,15H,1-4H3,(H,21,22)/t15-/m1/s1. The van der Waals surface area contributed by atoms with Crippen LogP contribution in [0.15, 0.2) is 48.5 Å². The zero-order valence-corrected chi connectivity index (χ0v) is 14.5. The van der Waals surface area contributed by atoms with E-state index in [0.29, 0.717) is 17.2 Å². The molecule has 4 nitrogen and oxygen atoms in total. The Labute approximate surface area is 142 Å². The summed E-state index contributed by atoms with van der Waals surface area (Å²) in [6.45, 7) is 7.72. The monoisotopic (exact) mass is 325 g/mol. The quantitative estimate of drug-likeness (QED) is 0.834. The molecule has 0 aliphatic carbocycles. The second-order valence-corrected chi connectivity index (χ2v) is 6.18. The third-order valence-corrected chi connectivity index (χ3v) is 3.79. The Balaban J connectivity index is 1.94. The first-order valence-corrected chi connectivity index (χ1v) is 8.05. The van der Waals surface area contributed by atoms with E-state index in [9.17, 15) is 9.59 Å². The van der Waals surface area contributed by atoms with Gasteiger partial charge in [0.15, 0.2) is 6.10 Å². The molecular formula is C20H23NO3. The molecule has 0 heterocycles. The summed E-state index contributed by atoms with van der Waals surface area (Å²) in [4.78, 5) is 24.2. The predicted molar refractivity (Wildman–Crippen MR) is 95.2 cm³/mol. The molecule has 0 fully saturated rings. The fraction of sp³-hybridized carbons (Fsp3) is 0.300. The molecule has 2 rings (SSSR count). The summed E-state index contributed by atoms with van der Waals surface area (Å²) < 4.78 is 5.22. The lowest BCUT2D eigenvalue weighted by Gasteiger charge is -2.14. The van der Waals surface area contributed by atoms with Gasteiger partial charge in [0.05, 0.1) is 5.56 Å². The van der Waals surface area contributed by atoms with Crippen LogP contribution in [0.3, 0.4) is 0 Å². The molecule has 1 amide bonds. The van der Waals surface area contributed by atoms with E-state index in [4.69, 9.17) is 4.74 Å². The van der Waals surface area contributed by atoms with Gasteiger partial charge in [-0.3, -0.25) is 4.79 Å². The lowest BCUT2D eigenvalue weighted by atomic mass is 10.0. The molecule has 0 aliphatic rings. The third-order valence-electron chi connectivity index (χ3n) is 3.79. The van der Waals surface area contributed by atoms with Crippen molar-refractivity contribution in [1.82, 2.24) is 0 Å². The predicted octanol–water partition coefficient (Wildman–Crippen LogP) is 4.30. The van der Waals surface area contributed by atoms with Gasteiger partial charge in [0.25, 0.3) is 5.91 Å². The molecule has 0 spiro atoms. The maximum Gasteiger partial charge on any atom is 0.338 e. The van der Waals surface area contributed by atoms with Crippen LogP contribution >= 0.6 is 0 Å². The van der Waals surface area contributed by atoms with Gasteiger partial charge in [-0.15, -0.1) is 0 Å². The third kappa shape index (κ3) is 4.69. The Morgan fingerprint density at radius 1 is 0.917 bits per heavy atom. The van der Waals surface area contributed by atoms with Gasteiger partial charge in [-0.05, 0) is 49.6 Å². The fourth-order valence-corrected chi connectivity index (χ4v) is 2.17. The highest BCUT2D eigenvalue weighted by Gasteiger charge is 2.19. The molecule has 24 heavy (non-hydrogen) atoms. The highest BCUT2D eigenvalue weighted by Crippen LogP contribution is 2.17. The van der Waals surface area contributed by atoms with Gasteiger partial charge >= 0.3 is 5.97 Å². The zero-order valence-electron chi connectivity index (χ0n) is 14.5.